The average Bonchev–Trinajstić information content (AvgIpc) is 3.78. The van der Waals surface area contributed by atoms with Crippen molar-refractivity contribution in [3.8, 4) is 39.1 Å². The van der Waals surface area contributed by atoms with Crippen molar-refractivity contribution in [2.75, 3.05) is 0 Å². The highest BCUT2D eigenvalue weighted by molar-refractivity contribution is 6.38. The molecule has 0 radical (unpaired) electrons. The Bertz CT molecular complexity index is 3310. The third kappa shape index (κ3) is 3.93. The lowest BCUT2D eigenvalue weighted by Crippen LogP contribution is -2.15. The van der Waals surface area contributed by atoms with E-state index in [-0.39, 0.29) is 10.8 Å². The molecule has 2 aliphatic rings. The van der Waals surface area contributed by atoms with Gasteiger partial charge in [-0.3, -0.25) is 0 Å². The first-order chi connectivity index (χ1) is 26.8. The zero-order valence-corrected chi connectivity index (χ0v) is 31.5. The molecule has 0 N–H and O–H groups in total. The summed E-state index contributed by atoms with van der Waals surface area (Å²) >= 11 is 0. The lowest BCUT2D eigenvalue weighted by atomic mass is 9.81. The van der Waals surface area contributed by atoms with Crippen molar-refractivity contribution in [1.82, 2.24) is 4.57 Å². The Morgan fingerprint density at radius 2 is 0.873 bits per heavy atom. The van der Waals surface area contributed by atoms with Crippen LogP contribution < -0.4 is 0 Å². The van der Waals surface area contributed by atoms with Gasteiger partial charge in [0.25, 0.3) is 0 Å². The van der Waals surface area contributed by atoms with Crippen LogP contribution in [-0.4, -0.2) is 4.57 Å². The van der Waals surface area contributed by atoms with Crippen LogP contribution in [0.25, 0.3) is 93.2 Å². The van der Waals surface area contributed by atoms with E-state index in [1.165, 1.54) is 115 Å². The van der Waals surface area contributed by atoms with Gasteiger partial charge in [0.1, 0.15) is 0 Å². The third-order valence-corrected chi connectivity index (χ3v) is 13.4. The maximum absolute atomic E-state index is 2.55. The van der Waals surface area contributed by atoms with Crippen molar-refractivity contribution in [1.29, 1.82) is 0 Å². The molecule has 0 unspecified atom stereocenters. The van der Waals surface area contributed by atoms with E-state index in [4.69, 9.17) is 0 Å². The highest BCUT2D eigenvalue weighted by Gasteiger charge is 2.37. The maximum Gasteiger partial charge on any atom is 0.0626 e. The van der Waals surface area contributed by atoms with Gasteiger partial charge in [-0.05, 0) is 108 Å². The maximum atomic E-state index is 2.55. The highest BCUT2D eigenvalue weighted by atomic mass is 15.0. The first-order valence-corrected chi connectivity index (χ1v) is 19.6. The molecule has 260 valence electrons. The van der Waals surface area contributed by atoms with Crippen LogP contribution in [0.4, 0.5) is 0 Å². The smallest absolute Gasteiger partial charge is 0.0626 e. The fourth-order valence-electron chi connectivity index (χ4n) is 10.7. The third-order valence-electron chi connectivity index (χ3n) is 13.4. The molecule has 1 heteroatoms. The predicted octanol–water partition coefficient (Wildman–Crippen LogP) is 14.5. The summed E-state index contributed by atoms with van der Waals surface area (Å²) in [7, 11) is 0. The highest BCUT2D eigenvalue weighted by Crippen LogP contribution is 2.53. The Kier molecular flexibility index (Phi) is 5.98. The molecule has 9 aromatic carbocycles. The van der Waals surface area contributed by atoms with E-state index in [9.17, 15) is 0 Å². The molecule has 1 aromatic heterocycles. The van der Waals surface area contributed by atoms with Crippen LogP contribution in [-0.2, 0) is 10.8 Å². The van der Waals surface area contributed by atoms with E-state index in [2.05, 4.69) is 196 Å². The van der Waals surface area contributed by atoms with E-state index < -0.39 is 0 Å². The van der Waals surface area contributed by atoms with Gasteiger partial charge in [0.2, 0.25) is 0 Å². The molecule has 0 amide bonds. The molecule has 1 nitrogen and oxygen atoms in total. The van der Waals surface area contributed by atoms with Crippen molar-refractivity contribution >= 4 is 54.1 Å². The quantitative estimate of drug-likeness (QED) is 0.158. The molecule has 10 aromatic rings. The summed E-state index contributed by atoms with van der Waals surface area (Å²) in [4.78, 5) is 0. The van der Waals surface area contributed by atoms with Gasteiger partial charge < -0.3 is 4.57 Å². The van der Waals surface area contributed by atoms with Crippen molar-refractivity contribution in [2.45, 2.75) is 38.5 Å². The Morgan fingerprint density at radius 1 is 0.345 bits per heavy atom. The molecule has 0 atom stereocenters. The SMILES string of the molecule is CC1(C)c2ccccc2-c2ccc(-c3cc4c5ccccc5c5c(c6ccccc6n5-c5ccc6c(c5)C(C)(C)c5ccccc5-6)c4c4ccccc34)cc21. The molecule has 1 heterocycles. The van der Waals surface area contributed by atoms with E-state index in [1.54, 1.807) is 0 Å². The van der Waals surface area contributed by atoms with Gasteiger partial charge in [0.05, 0.1) is 11.0 Å². The minimum Gasteiger partial charge on any atom is -0.309 e. The number of para-hydroxylation sites is 1. The largest absolute Gasteiger partial charge is 0.309 e. The molecule has 0 saturated carbocycles. The van der Waals surface area contributed by atoms with Gasteiger partial charge in [0.15, 0.2) is 0 Å². The van der Waals surface area contributed by atoms with Gasteiger partial charge in [-0.25, -0.2) is 0 Å². The van der Waals surface area contributed by atoms with Crippen LogP contribution in [0.5, 0.6) is 0 Å². The topological polar surface area (TPSA) is 4.93 Å². The summed E-state index contributed by atoms with van der Waals surface area (Å²) in [6.07, 6.45) is 0. The monoisotopic (exact) mass is 701 g/mol. The van der Waals surface area contributed by atoms with Crippen molar-refractivity contribution < 1.29 is 0 Å². The summed E-state index contributed by atoms with van der Waals surface area (Å²) < 4.78 is 2.55. The standard InChI is InChI=1S/C54H39N/c1-53(2)45-22-12-9-17-36(45)38-27-25-32(29-47(38)53)43-31-44-35-16-6-8-20-41(35)52-51(50(44)40-19-7-5-15-34(40)43)42-21-11-14-24-49(42)55(52)33-26-28-39-37-18-10-13-23-46(37)54(3,4)48(39)30-33/h5-31H,1-4H3. The van der Waals surface area contributed by atoms with Crippen molar-refractivity contribution in [2.24, 2.45) is 0 Å². The Balaban J connectivity index is 1.19. The number of hydrogen-bond donors (Lipinski definition) is 0. The molecular formula is C54H39N. The summed E-state index contributed by atoms with van der Waals surface area (Å²) in [5.74, 6) is 0. The van der Waals surface area contributed by atoms with Crippen LogP contribution in [0.3, 0.4) is 0 Å². The molecule has 0 fully saturated rings. The molecular weight excluding hydrogens is 663 g/mol. The van der Waals surface area contributed by atoms with E-state index in [0.717, 1.165) is 0 Å². The first-order valence-electron chi connectivity index (χ1n) is 19.6. The van der Waals surface area contributed by atoms with Gasteiger partial charge in [-0.2, -0.15) is 0 Å². The molecule has 55 heavy (non-hydrogen) atoms. The van der Waals surface area contributed by atoms with Crippen LogP contribution >= 0.6 is 0 Å². The Morgan fingerprint density at radius 3 is 1.58 bits per heavy atom. The lowest BCUT2D eigenvalue weighted by molar-refractivity contribution is 0.660. The van der Waals surface area contributed by atoms with Crippen LogP contribution in [0.2, 0.25) is 0 Å². The van der Waals surface area contributed by atoms with Crippen LogP contribution in [0.1, 0.15) is 49.9 Å². The molecule has 0 aliphatic heterocycles. The van der Waals surface area contributed by atoms with Gasteiger partial charge in [-0.15, -0.1) is 0 Å². The second-order valence-corrected chi connectivity index (χ2v) is 16.8. The fourth-order valence-corrected chi connectivity index (χ4v) is 10.7. The van der Waals surface area contributed by atoms with Crippen LogP contribution in [0, 0.1) is 0 Å². The van der Waals surface area contributed by atoms with Gasteiger partial charge in [-0.1, -0.05) is 161 Å². The predicted molar refractivity (Wildman–Crippen MR) is 234 cm³/mol. The van der Waals surface area contributed by atoms with Crippen molar-refractivity contribution in [3.05, 3.63) is 186 Å². The molecule has 2 aliphatic carbocycles. The fraction of sp³-hybridized carbons (Fsp3) is 0.111. The van der Waals surface area contributed by atoms with E-state index in [1.807, 2.05) is 0 Å². The Labute approximate surface area is 321 Å². The first kappa shape index (κ1) is 31.0. The number of nitrogens with zero attached hydrogens (tertiary/aromatic N) is 1. The van der Waals surface area contributed by atoms with Crippen LogP contribution in [0.15, 0.2) is 164 Å². The summed E-state index contributed by atoms with van der Waals surface area (Å²) in [5.41, 5.74) is 17.1. The number of hydrogen-bond acceptors (Lipinski definition) is 0. The number of rotatable bonds is 2. The normalized spacial score (nSPS) is 14.8. The minimum absolute atomic E-state index is 0.0646. The molecule has 0 spiro atoms. The average molecular weight is 702 g/mol. The molecule has 0 bridgehead atoms. The molecule has 0 saturated heterocycles. The summed E-state index contributed by atoms with van der Waals surface area (Å²) in [6, 6.07) is 62.0. The number of fused-ring (bicyclic) bond motifs is 16. The zero-order valence-electron chi connectivity index (χ0n) is 31.5. The van der Waals surface area contributed by atoms with E-state index >= 15 is 0 Å². The Hall–Kier alpha value is -6.44. The number of benzene rings is 9. The second kappa shape index (κ2) is 10.6. The van der Waals surface area contributed by atoms with Gasteiger partial charge >= 0.3 is 0 Å². The minimum atomic E-state index is -0.0857. The lowest BCUT2D eigenvalue weighted by Gasteiger charge is -2.23. The zero-order chi connectivity index (χ0) is 36.8. The molecule has 12 rings (SSSR count). The van der Waals surface area contributed by atoms with E-state index in [0.29, 0.717) is 0 Å². The summed E-state index contributed by atoms with van der Waals surface area (Å²) in [5, 5.41) is 10.4. The number of aromatic nitrogens is 1. The van der Waals surface area contributed by atoms with Crippen molar-refractivity contribution in [3.63, 3.8) is 0 Å². The second-order valence-electron chi connectivity index (χ2n) is 16.8. The summed E-state index contributed by atoms with van der Waals surface area (Å²) in [6.45, 7) is 9.50. The van der Waals surface area contributed by atoms with Gasteiger partial charge in [0, 0.05) is 38.1 Å².